The third-order valence-corrected chi connectivity index (χ3v) is 4.05. The average Bonchev–Trinajstić information content (AvgIpc) is 2.71. The van der Waals surface area contributed by atoms with Gasteiger partial charge in [0.25, 0.3) is 0 Å². The molecule has 0 aliphatic rings. The molecule has 0 atom stereocenters. The Morgan fingerprint density at radius 3 is 1.89 bits per heavy atom. The molecule has 0 spiro atoms. The van der Waals surface area contributed by atoms with E-state index in [4.69, 9.17) is 10.5 Å². The molecule has 0 radical (unpaired) electrons. The minimum atomic E-state index is 0.587. The fraction of sp³-hybridized carbons (Fsp3) is 0.308. The number of rotatable bonds is 2. The van der Waals surface area contributed by atoms with Gasteiger partial charge in [0.15, 0.2) is 0 Å². The minimum absolute atomic E-state index is 0.587. The van der Waals surface area contributed by atoms with Crippen molar-refractivity contribution in [3.05, 3.63) is 46.0 Å². The first-order chi connectivity index (χ1) is 8.58. The van der Waals surface area contributed by atoms with Gasteiger partial charge in [0, 0.05) is 6.54 Å². The molecular weight excluding hydrogens is 409 g/mol. The molecule has 0 saturated carbocycles. The van der Waals surface area contributed by atoms with Crippen molar-refractivity contribution >= 4 is 0 Å². The average molecular weight is 428 g/mol. The van der Waals surface area contributed by atoms with Crippen LogP contribution in [0.1, 0.15) is 5.56 Å². The number of aryl methyl sites for hydroxylation is 2. The van der Waals surface area contributed by atoms with Gasteiger partial charge in [0.2, 0.25) is 0 Å². The fourth-order valence-electron chi connectivity index (χ4n) is 1.32. The molecule has 102 valence electrons. The Balaban J connectivity index is 0.000000184. The van der Waals surface area contributed by atoms with E-state index in [1.54, 1.807) is 7.11 Å². The second-order valence-corrected chi connectivity index (χ2v) is 4.83. The van der Waals surface area contributed by atoms with Crippen molar-refractivity contribution in [2.24, 2.45) is 19.8 Å². The Bertz CT molecular complexity index is 482. The first-order valence-electron chi connectivity index (χ1n) is 5.55. The Hall–Kier alpha value is -1.12. The van der Waals surface area contributed by atoms with Crippen LogP contribution >= 0.6 is 0 Å². The molecule has 4 nitrogen and oxygen atoms in total. The monoisotopic (exact) mass is 428 g/mol. The summed E-state index contributed by atoms with van der Waals surface area (Å²) in [6.07, 6.45) is 4.06. The maximum absolute atomic E-state index is 5.40. The van der Waals surface area contributed by atoms with Gasteiger partial charge in [0.1, 0.15) is 5.75 Å². The van der Waals surface area contributed by atoms with E-state index < -0.39 is 0 Å². The Kier molecular flexibility index (Phi) is 6.09. The van der Waals surface area contributed by atoms with E-state index in [1.165, 1.54) is 3.80 Å². The predicted octanol–water partition coefficient (Wildman–Crippen LogP) is 1.60. The summed E-state index contributed by atoms with van der Waals surface area (Å²) in [4.78, 5) is 0. The van der Waals surface area contributed by atoms with Gasteiger partial charge in [-0.1, -0.05) is 12.1 Å². The van der Waals surface area contributed by atoms with Crippen molar-refractivity contribution < 1.29 is 24.1 Å². The Morgan fingerprint density at radius 2 is 1.61 bits per heavy atom. The molecule has 1 heterocycles. The van der Waals surface area contributed by atoms with Gasteiger partial charge >= 0.3 is 58.8 Å². The Labute approximate surface area is 118 Å². The van der Waals surface area contributed by atoms with Crippen LogP contribution in [0.15, 0.2) is 36.7 Å². The molecule has 2 aromatic rings. The molecule has 0 saturated heterocycles. The predicted molar refractivity (Wildman–Crippen MR) is 68.5 cm³/mol. The number of aromatic nitrogens is 2. The molecule has 0 fully saturated rings. The van der Waals surface area contributed by atoms with E-state index in [0.29, 0.717) is 6.54 Å². The molecule has 0 amide bonds. The van der Waals surface area contributed by atoms with Crippen molar-refractivity contribution in [3.63, 3.8) is 0 Å². The topological polar surface area (TPSA) is 45.1 Å². The van der Waals surface area contributed by atoms with Crippen LogP contribution in [0.5, 0.6) is 5.75 Å². The SMILES string of the molecule is COc1ccc(CN)cc1.Cn1ccn(C)[c]1=[Pt]. The summed E-state index contributed by atoms with van der Waals surface area (Å²) in [6.45, 7) is 0.587. The normalized spacial score (nSPS) is 9.67. The van der Waals surface area contributed by atoms with Gasteiger partial charge < -0.3 is 10.5 Å². The quantitative estimate of drug-likeness (QED) is 0.790. The van der Waals surface area contributed by atoms with Crippen LogP contribution in [0.25, 0.3) is 0 Å². The van der Waals surface area contributed by atoms with Crippen molar-refractivity contribution in [3.8, 4) is 5.75 Å². The third-order valence-electron chi connectivity index (χ3n) is 2.45. The number of nitrogens with two attached hydrogens (primary N) is 1. The van der Waals surface area contributed by atoms with Crippen LogP contribution < -0.4 is 10.5 Å². The van der Waals surface area contributed by atoms with Gasteiger partial charge in [-0.05, 0) is 17.7 Å². The molecule has 0 unspecified atom stereocenters. The molecule has 0 bridgehead atoms. The molecule has 18 heavy (non-hydrogen) atoms. The van der Waals surface area contributed by atoms with Crippen molar-refractivity contribution in [2.75, 3.05) is 7.11 Å². The molecular formula is C13H19N3OPt. The van der Waals surface area contributed by atoms with E-state index in [9.17, 15) is 0 Å². The molecule has 1 aromatic carbocycles. The van der Waals surface area contributed by atoms with Crippen molar-refractivity contribution in [1.82, 2.24) is 9.13 Å². The summed E-state index contributed by atoms with van der Waals surface area (Å²) < 4.78 is 10.4. The second kappa shape index (κ2) is 7.34. The summed E-state index contributed by atoms with van der Waals surface area (Å²) in [5, 5.41) is 0. The third kappa shape index (κ3) is 4.28. The number of imidazole rings is 1. The molecule has 2 rings (SSSR count). The van der Waals surface area contributed by atoms with Crippen LogP contribution in [-0.2, 0) is 40.0 Å². The number of nitrogens with zero attached hydrogens (tertiary/aromatic N) is 2. The maximum atomic E-state index is 5.40. The zero-order chi connectivity index (χ0) is 13.5. The van der Waals surface area contributed by atoms with Crippen LogP contribution in [0, 0.1) is 3.80 Å². The van der Waals surface area contributed by atoms with Crippen LogP contribution in [0.4, 0.5) is 0 Å². The van der Waals surface area contributed by atoms with Crippen molar-refractivity contribution in [2.45, 2.75) is 6.54 Å². The van der Waals surface area contributed by atoms with E-state index in [2.05, 4.69) is 28.5 Å². The number of hydrogen-bond acceptors (Lipinski definition) is 2. The van der Waals surface area contributed by atoms with Gasteiger partial charge in [-0.2, -0.15) is 0 Å². The van der Waals surface area contributed by atoms with Crippen molar-refractivity contribution in [1.29, 1.82) is 0 Å². The molecule has 2 N–H and O–H groups in total. The van der Waals surface area contributed by atoms with E-state index in [1.807, 2.05) is 50.8 Å². The van der Waals surface area contributed by atoms with Gasteiger partial charge in [-0.25, -0.2) is 0 Å². The zero-order valence-corrected chi connectivity index (χ0v) is 13.1. The number of hydrogen-bond donors (Lipinski definition) is 1. The van der Waals surface area contributed by atoms with Crippen LogP contribution in [-0.4, -0.2) is 16.2 Å². The zero-order valence-electron chi connectivity index (χ0n) is 10.9. The van der Waals surface area contributed by atoms with E-state index >= 15 is 0 Å². The first kappa shape index (κ1) is 14.9. The summed E-state index contributed by atoms with van der Waals surface area (Å²) in [7, 11) is 5.71. The number of ether oxygens (including phenoxy) is 1. The van der Waals surface area contributed by atoms with Gasteiger partial charge in [-0.3, -0.25) is 0 Å². The van der Waals surface area contributed by atoms with E-state index in [0.717, 1.165) is 11.3 Å². The second-order valence-electron chi connectivity index (χ2n) is 3.81. The van der Waals surface area contributed by atoms with Crippen LogP contribution in [0.3, 0.4) is 0 Å². The first-order valence-corrected chi connectivity index (χ1v) is 6.68. The molecule has 1 aromatic heterocycles. The summed E-state index contributed by atoms with van der Waals surface area (Å²) >= 11 is 2.27. The number of methoxy groups -OCH3 is 1. The van der Waals surface area contributed by atoms with E-state index in [-0.39, 0.29) is 0 Å². The standard InChI is InChI=1S/C8H11NO.C5H8N2.Pt/c1-10-8-4-2-7(6-9)3-5-8;1-6-3-4-7(2)5-6;/h2-5H,6,9H2,1H3;3-4H,1-2H3;. The van der Waals surface area contributed by atoms with Gasteiger partial charge in [0.05, 0.1) is 7.11 Å². The summed E-state index contributed by atoms with van der Waals surface area (Å²) in [5.74, 6) is 0.872. The fourth-order valence-corrected chi connectivity index (χ4v) is 1.66. The molecule has 5 heteroatoms. The Morgan fingerprint density at radius 1 is 1.11 bits per heavy atom. The van der Waals surface area contributed by atoms with Gasteiger partial charge in [-0.15, -0.1) is 0 Å². The molecule has 0 aliphatic carbocycles. The summed E-state index contributed by atoms with van der Waals surface area (Å²) in [5.41, 5.74) is 6.53. The molecule has 0 aliphatic heterocycles. The summed E-state index contributed by atoms with van der Waals surface area (Å²) in [6, 6.07) is 7.72. The van der Waals surface area contributed by atoms with Crippen LogP contribution in [0.2, 0.25) is 0 Å². The number of benzene rings is 1.